The molecule has 3 fully saturated rings. The van der Waals surface area contributed by atoms with E-state index in [9.17, 15) is 4.79 Å². The van der Waals surface area contributed by atoms with Gasteiger partial charge in [-0.05, 0) is 91.3 Å². The molecule has 0 saturated heterocycles. The average molecular weight is 445 g/mol. The average Bonchev–Trinajstić information content (AvgIpc) is 3.11. The molecule has 182 valence electrons. The fraction of sp³-hybridized carbons (Fsp3) is 0.897. The second kappa shape index (κ2) is 9.34. The van der Waals surface area contributed by atoms with E-state index in [1.165, 1.54) is 58.5 Å². The van der Waals surface area contributed by atoms with Gasteiger partial charge >= 0.3 is 6.16 Å². The van der Waals surface area contributed by atoms with Crippen molar-refractivity contribution in [2.45, 2.75) is 111 Å². The standard InChI is InChI=1S/C29H48O3/c1-19(2)8-7-9-20(3)24-12-13-25-23-11-10-21-18-22(32-27(30)31-6)14-16-28(21,4)26(23)15-17-29(24,25)5/h10,19-20,22-26H,7-9,11-18H2,1-6H3/t20-,22+,23-,24+,25-,26-,28+,29+/m1/s1. The number of carbonyl (C=O) groups is 1. The van der Waals surface area contributed by atoms with Crippen LogP contribution in [-0.2, 0) is 9.47 Å². The highest BCUT2D eigenvalue weighted by Gasteiger charge is 2.59. The summed E-state index contributed by atoms with van der Waals surface area (Å²) in [4.78, 5) is 11.6. The van der Waals surface area contributed by atoms with E-state index in [1.807, 2.05) is 0 Å². The highest BCUT2D eigenvalue weighted by molar-refractivity contribution is 5.59. The molecule has 0 aliphatic heterocycles. The number of fused-ring (bicyclic) bond motifs is 5. The maximum atomic E-state index is 11.6. The van der Waals surface area contributed by atoms with Crippen LogP contribution in [0.25, 0.3) is 0 Å². The maximum absolute atomic E-state index is 11.6. The highest BCUT2D eigenvalue weighted by atomic mass is 16.7. The zero-order valence-corrected chi connectivity index (χ0v) is 21.6. The SMILES string of the molecule is COC(=O)O[C@H]1CC[C@@]2(C)C(=CC[C@@H]3[C@H]4CC[C@@H]([C@H](C)CCCC(C)C)[C@]4(C)CC[C@H]32)C1. The predicted molar refractivity (Wildman–Crippen MR) is 130 cm³/mol. The van der Waals surface area contributed by atoms with Crippen molar-refractivity contribution in [2.24, 2.45) is 46.3 Å². The number of carbonyl (C=O) groups excluding carboxylic acids is 1. The Hall–Kier alpha value is -0.990. The van der Waals surface area contributed by atoms with Crippen molar-refractivity contribution in [1.82, 2.24) is 0 Å². The molecule has 4 aliphatic carbocycles. The van der Waals surface area contributed by atoms with Gasteiger partial charge in [0, 0.05) is 6.42 Å². The van der Waals surface area contributed by atoms with Gasteiger partial charge in [-0.2, -0.15) is 0 Å². The smallest absolute Gasteiger partial charge is 0.438 e. The summed E-state index contributed by atoms with van der Waals surface area (Å²) in [7, 11) is 1.40. The van der Waals surface area contributed by atoms with Gasteiger partial charge in [-0.1, -0.05) is 65.5 Å². The summed E-state index contributed by atoms with van der Waals surface area (Å²) in [6.07, 6.45) is 16.2. The molecule has 0 radical (unpaired) electrons. The van der Waals surface area contributed by atoms with Gasteiger partial charge in [0.1, 0.15) is 6.10 Å². The normalized spacial score (nSPS) is 41.8. The first-order chi connectivity index (χ1) is 15.2. The Morgan fingerprint density at radius 1 is 1.06 bits per heavy atom. The number of hydrogen-bond acceptors (Lipinski definition) is 3. The van der Waals surface area contributed by atoms with Crippen molar-refractivity contribution in [3.63, 3.8) is 0 Å². The third-order valence-corrected chi connectivity index (χ3v) is 10.7. The van der Waals surface area contributed by atoms with E-state index < -0.39 is 6.16 Å². The third kappa shape index (κ3) is 4.27. The Kier molecular flexibility index (Phi) is 7.04. The molecule has 0 bridgehead atoms. The van der Waals surface area contributed by atoms with Gasteiger partial charge in [-0.15, -0.1) is 0 Å². The topological polar surface area (TPSA) is 35.5 Å². The van der Waals surface area contributed by atoms with Gasteiger partial charge in [0.2, 0.25) is 0 Å². The lowest BCUT2D eigenvalue weighted by atomic mass is 9.47. The van der Waals surface area contributed by atoms with Gasteiger partial charge < -0.3 is 9.47 Å². The van der Waals surface area contributed by atoms with Crippen LogP contribution in [0.3, 0.4) is 0 Å². The van der Waals surface area contributed by atoms with E-state index in [2.05, 4.69) is 40.7 Å². The number of rotatable bonds is 6. The largest absolute Gasteiger partial charge is 0.508 e. The van der Waals surface area contributed by atoms with E-state index in [-0.39, 0.29) is 6.10 Å². The fourth-order valence-electron chi connectivity index (χ4n) is 8.94. The van der Waals surface area contributed by atoms with E-state index in [4.69, 9.17) is 9.47 Å². The van der Waals surface area contributed by atoms with E-state index in [0.29, 0.717) is 10.8 Å². The van der Waals surface area contributed by atoms with Gasteiger partial charge in [-0.25, -0.2) is 4.79 Å². The second-order valence-corrected chi connectivity index (χ2v) is 12.7. The lowest BCUT2D eigenvalue weighted by molar-refractivity contribution is -0.0608. The number of hydrogen-bond donors (Lipinski definition) is 0. The minimum Gasteiger partial charge on any atom is -0.438 e. The van der Waals surface area contributed by atoms with Crippen LogP contribution in [0.4, 0.5) is 4.79 Å². The Labute approximate surface area is 197 Å². The lowest BCUT2D eigenvalue weighted by Gasteiger charge is -2.58. The summed E-state index contributed by atoms with van der Waals surface area (Å²) in [6.45, 7) is 12.5. The minimum atomic E-state index is -0.527. The molecule has 0 unspecified atom stereocenters. The summed E-state index contributed by atoms with van der Waals surface area (Å²) in [5.74, 6) is 5.20. The van der Waals surface area contributed by atoms with E-state index in [1.54, 1.807) is 5.57 Å². The quantitative estimate of drug-likeness (QED) is 0.306. The van der Waals surface area contributed by atoms with Crippen LogP contribution in [0.15, 0.2) is 11.6 Å². The molecular formula is C29H48O3. The summed E-state index contributed by atoms with van der Waals surface area (Å²) in [6, 6.07) is 0. The molecule has 32 heavy (non-hydrogen) atoms. The Morgan fingerprint density at radius 2 is 1.84 bits per heavy atom. The number of allylic oxidation sites excluding steroid dienone is 1. The van der Waals surface area contributed by atoms with Gasteiger partial charge in [0.25, 0.3) is 0 Å². The molecule has 0 heterocycles. The Bertz CT molecular complexity index is 711. The molecule has 0 aromatic heterocycles. The number of ether oxygens (including phenoxy) is 2. The fourth-order valence-corrected chi connectivity index (χ4v) is 8.94. The molecule has 8 atom stereocenters. The van der Waals surface area contributed by atoms with Crippen molar-refractivity contribution < 1.29 is 14.3 Å². The Morgan fingerprint density at radius 3 is 2.56 bits per heavy atom. The zero-order chi connectivity index (χ0) is 23.1. The van der Waals surface area contributed by atoms with Gasteiger partial charge in [0.15, 0.2) is 0 Å². The first-order valence-electron chi connectivity index (χ1n) is 13.6. The van der Waals surface area contributed by atoms with Crippen LogP contribution in [0, 0.1) is 46.3 Å². The predicted octanol–water partition coefficient (Wildman–Crippen LogP) is 8.18. The van der Waals surface area contributed by atoms with Crippen molar-refractivity contribution in [1.29, 1.82) is 0 Å². The molecule has 3 saturated carbocycles. The lowest BCUT2D eigenvalue weighted by Crippen LogP contribution is -2.51. The Balaban J connectivity index is 1.45. The van der Waals surface area contributed by atoms with Gasteiger partial charge in [0.05, 0.1) is 7.11 Å². The summed E-state index contributed by atoms with van der Waals surface area (Å²) in [5.41, 5.74) is 2.42. The molecule has 0 aromatic rings. The van der Waals surface area contributed by atoms with Crippen LogP contribution < -0.4 is 0 Å². The van der Waals surface area contributed by atoms with Crippen LogP contribution >= 0.6 is 0 Å². The van der Waals surface area contributed by atoms with E-state index >= 15 is 0 Å². The van der Waals surface area contributed by atoms with Crippen LogP contribution in [0.2, 0.25) is 0 Å². The molecule has 0 spiro atoms. The van der Waals surface area contributed by atoms with Gasteiger partial charge in [-0.3, -0.25) is 0 Å². The van der Waals surface area contributed by atoms with Crippen molar-refractivity contribution in [2.75, 3.05) is 7.11 Å². The molecule has 4 aliphatic rings. The summed E-state index contributed by atoms with van der Waals surface area (Å²) >= 11 is 0. The molecule has 0 aromatic carbocycles. The molecule has 3 nitrogen and oxygen atoms in total. The van der Waals surface area contributed by atoms with Crippen LogP contribution in [-0.4, -0.2) is 19.4 Å². The van der Waals surface area contributed by atoms with Crippen LogP contribution in [0.1, 0.15) is 105 Å². The van der Waals surface area contributed by atoms with Crippen molar-refractivity contribution >= 4 is 6.16 Å². The highest BCUT2D eigenvalue weighted by Crippen LogP contribution is 2.67. The summed E-state index contributed by atoms with van der Waals surface area (Å²) in [5, 5.41) is 0. The second-order valence-electron chi connectivity index (χ2n) is 12.7. The van der Waals surface area contributed by atoms with Crippen molar-refractivity contribution in [3.05, 3.63) is 11.6 Å². The minimum absolute atomic E-state index is 0.00488. The molecule has 0 N–H and O–H groups in total. The maximum Gasteiger partial charge on any atom is 0.508 e. The monoisotopic (exact) mass is 444 g/mol. The molecule has 3 heteroatoms. The first kappa shape index (κ1) is 24.1. The molecule has 4 rings (SSSR count). The summed E-state index contributed by atoms with van der Waals surface area (Å²) < 4.78 is 10.3. The number of methoxy groups -OCH3 is 1. The molecule has 0 amide bonds. The van der Waals surface area contributed by atoms with Crippen molar-refractivity contribution in [3.8, 4) is 0 Å². The first-order valence-corrected chi connectivity index (χ1v) is 13.6. The van der Waals surface area contributed by atoms with E-state index in [0.717, 1.165) is 54.8 Å². The molecular weight excluding hydrogens is 396 g/mol. The third-order valence-electron chi connectivity index (χ3n) is 10.7. The zero-order valence-electron chi connectivity index (χ0n) is 21.6. The van der Waals surface area contributed by atoms with Crippen LogP contribution in [0.5, 0.6) is 0 Å².